The Morgan fingerprint density at radius 3 is 2.44 bits per heavy atom. The molecule has 0 saturated heterocycles. The molecule has 0 saturated carbocycles. The number of rotatable bonds is 9. The van der Waals surface area contributed by atoms with Crippen LogP contribution in [0.25, 0.3) is 0 Å². The van der Waals surface area contributed by atoms with E-state index < -0.39 is 0 Å². The lowest BCUT2D eigenvalue weighted by Gasteiger charge is -2.12. The number of anilines is 1. The molecule has 0 radical (unpaired) electrons. The monoisotopic (exact) mass is 361 g/mol. The van der Waals surface area contributed by atoms with Gasteiger partial charge < -0.3 is 14.8 Å². The lowest BCUT2D eigenvalue weighted by atomic mass is 10.1. The van der Waals surface area contributed by atoms with E-state index in [1.54, 1.807) is 0 Å². The number of ether oxygens (including phenoxy) is 2. The molecule has 0 unspecified atom stereocenters. The summed E-state index contributed by atoms with van der Waals surface area (Å²) in [6, 6.07) is 24.7. The average Bonchev–Trinajstić information content (AvgIpc) is 2.68. The van der Waals surface area contributed by atoms with E-state index in [2.05, 4.69) is 55.6 Å². The summed E-state index contributed by atoms with van der Waals surface area (Å²) in [5.74, 6) is 1.83. The summed E-state index contributed by atoms with van der Waals surface area (Å²) in [6.07, 6.45) is 0.905. The highest BCUT2D eigenvalue weighted by molar-refractivity contribution is 5.48. The van der Waals surface area contributed by atoms with Gasteiger partial charge in [-0.05, 0) is 43.2 Å². The van der Waals surface area contributed by atoms with E-state index in [4.69, 9.17) is 9.47 Å². The van der Waals surface area contributed by atoms with Gasteiger partial charge in [0.25, 0.3) is 0 Å². The fourth-order valence-corrected chi connectivity index (χ4v) is 2.94. The molecule has 0 atom stereocenters. The van der Waals surface area contributed by atoms with Crippen molar-refractivity contribution in [3.05, 3.63) is 89.5 Å². The molecule has 0 fully saturated rings. The Labute approximate surface area is 162 Å². The third kappa shape index (κ3) is 6.07. The lowest BCUT2D eigenvalue weighted by molar-refractivity contribution is 0.321. The van der Waals surface area contributed by atoms with Crippen molar-refractivity contribution in [2.45, 2.75) is 20.3 Å². The second-order valence-corrected chi connectivity index (χ2v) is 6.66. The van der Waals surface area contributed by atoms with Crippen LogP contribution in [0.5, 0.6) is 11.5 Å². The fourth-order valence-electron chi connectivity index (χ4n) is 2.94. The van der Waals surface area contributed by atoms with Gasteiger partial charge in [0, 0.05) is 24.7 Å². The molecule has 3 aromatic carbocycles. The summed E-state index contributed by atoms with van der Waals surface area (Å²) in [5, 5.41) is 3.39. The molecule has 3 nitrogen and oxygen atoms in total. The van der Waals surface area contributed by atoms with Gasteiger partial charge in [-0.1, -0.05) is 54.1 Å². The van der Waals surface area contributed by atoms with Gasteiger partial charge in [-0.3, -0.25) is 0 Å². The molecule has 0 aliphatic carbocycles. The minimum atomic E-state index is 0.614. The van der Waals surface area contributed by atoms with Crippen LogP contribution in [0.15, 0.2) is 72.8 Å². The molecule has 3 aromatic rings. The minimum absolute atomic E-state index is 0.614. The zero-order valence-corrected chi connectivity index (χ0v) is 16.1. The average molecular weight is 361 g/mol. The quantitative estimate of drug-likeness (QED) is 0.517. The van der Waals surface area contributed by atoms with Crippen molar-refractivity contribution in [1.82, 2.24) is 0 Å². The van der Waals surface area contributed by atoms with Crippen molar-refractivity contribution < 1.29 is 9.47 Å². The van der Waals surface area contributed by atoms with E-state index in [1.807, 2.05) is 36.4 Å². The Morgan fingerprint density at radius 2 is 1.63 bits per heavy atom. The van der Waals surface area contributed by atoms with Crippen molar-refractivity contribution >= 4 is 5.69 Å². The normalized spacial score (nSPS) is 10.4. The predicted octanol–water partition coefficient (Wildman–Crippen LogP) is 5.42. The summed E-state index contributed by atoms with van der Waals surface area (Å²) in [5.41, 5.74) is 4.75. The molecule has 3 heteroatoms. The predicted molar refractivity (Wildman–Crippen MR) is 112 cm³/mol. The Balaban J connectivity index is 1.42. The first kappa shape index (κ1) is 18.8. The van der Waals surface area contributed by atoms with E-state index in [0.717, 1.165) is 30.2 Å². The zero-order chi connectivity index (χ0) is 18.9. The standard InChI is InChI=1S/C24H27NO2/c1-19-11-12-24(20(2)17-19)27-16-14-25-22-9-6-10-23(18-22)26-15-13-21-7-4-3-5-8-21/h3-12,17-18,25H,13-16H2,1-2H3. The van der Waals surface area contributed by atoms with Gasteiger partial charge in [-0.2, -0.15) is 0 Å². The molecule has 140 valence electrons. The Bertz CT molecular complexity index is 846. The Morgan fingerprint density at radius 1 is 0.778 bits per heavy atom. The molecule has 27 heavy (non-hydrogen) atoms. The van der Waals surface area contributed by atoms with Crippen molar-refractivity contribution in [2.24, 2.45) is 0 Å². The third-order valence-electron chi connectivity index (χ3n) is 4.36. The Hall–Kier alpha value is -2.94. The number of hydrogen-bond donors (Lipinski definition) is 1. The van der Waals surface area contributed by atoms with Gasteiger partial charge in [0.1, 0.15) is 18.1 Å². The van der Waals surface area contributed by atoms with Gasteiger partial charge in [0.05, 0.1) is 6.61 Å². The molecule has 0 spiro atoms. The van der Waals surface area contributed by atoms with Crippen molar-refractivity contribution in [1.29, 1.82) is 0 Å². The smallest absolute Gasteiger partial charge is 0.122 e. The maximum Gasteiger partial charge on any atom is 0.122 e. The topological polar surface area (TPSA) is 30.5 Å². The van der Waals surface area contributed by atoms with Crippen molar-refractivity contribution in [3.63, 3.8) is 0 Å². The highest BCUT2D eigenvalue weighted by atomic mass is 16.5. The second kappa shape index (κ2) is 9.67. The third-order valence-corrected chi connectivity index (χ3v) is 4.36. The van der Waals surface area contributed by atoms with Crippen LogP contribution < -0.4 is 14.8 Å². The molecule has 3 rings (SSSR count). The van der Waals surface area contributed by atoms with Crippen molar-refractivity contribution in [3.8, 4) is 11.5 Å². The van der Waals surface area contributed by atoms with Gasteiger partial charge >= 0.3 is 0 Å². The van der Waals surface area contributed by atoms with Gasteiger partial charge in [0.15, 0.2) is 0 Å². The fraction of sp³-hybridized carbons (Fsp3) is 0.250. The molecular weight excluding hydrogens is 334 g/mol. The summed E-state index contributed by atoms with van der Waals surface area (Å²) in [7, 11) is 0. The van der Waals surface area contributed by atoms with Gasteiger partial charge in [0.2, 0.25) is 0 Å². The highest BCUT2D eigenvalue weighted by Gasteiger charge is 2.01. The minimum Gasteiger partial charge on any atom is -0.493 e. The summed E-state index contributed by atoms with van der Waals surface area (Å²) in [4.78, 5) is 0. The maximum absolute atomic E-state index is 5.88. The maximum atomic E-state index is 5.88. The van der Waals surface area contributed by atoms with Gasteiger partial charge in [-0.25, -0.2) is 0 Å². The van der Waals surface area contributed by atoms with Crippen LogP contribution in [0.4, 0.5) is 5.69 Å². The number of aryl methyl sites for hydroxylation is 2. The molecule has 0 amide bonds. The van der Waals surface area contributed by atoms with Gasteiger partial charge in [-0.15, -0.1) is 0 Å². The Kier molecular flexibility index (Phi) is 6.75. The van der Waals surface area contributed by atoms with Crippen LogP contribution in [-0.2, 0) is 6.42 Å². The molecule has 0 aromatic heterocycles. The van der Waals surface area contributed by atoms with Crippen LogP contribution in [0.3, 0.4) is 0 Å². The molecule has 0 aliphatic heterocycles. The first-order chi connectivity index (χ1) is 13.2. The summed E-state index contributed by atoms with van der Waals surface area (Å²) in [6.45, 7) is 6.19. The lowest BCUT2D eigenvalue weighted by Crippen LogP contribution is -2.12. The van der Waals surface area contributed by atoms with E-state index in [0.29, 0.717) is 13.2 Å². The van der Waals surface area contributed by atoms with Crippen LogP contribution >= 0.6 is 0 Å². The summed E-state index contributed by atoms with van der Waals surface area (Å²) < 4.78 is 11.7. The van der Waals surface area contributed by atoms with E-state index in [1.165, 1.54) is 16.7 Å². The highest BCUT2D eigenvalue weighted by Crippen LogP contribution is 2.19. The van der Waals surface area contributed by atoms with E-state index in [9.17, 15) is 0 Å². The van der Waals surface area contributed by atoms with E-state index >= 15 is 0 Å². The van der Waals surface area contributed by atoms with Crippen LogP contribution in [0, 0.1) is 13.8 Å². The summed E-state index contributed by atoms with van der Waals surface area (Å²) >= 11 is 0. The SMILES string of the molecule is Cc1ccc(OCCNc2cccc(OCCc3ccccc3)c2)c(C)c1. The number of nitrogens with one attached hydrogen (secondary N) is 1. The second-order valence-electron chi connectivity index (χ2n) is 6.66. The zero-order valence-electron chi connectivity index (χ0n) is 16.1. The first-order valence-electron chi connectivity index (χ1n) is 9.41. The molecule has 0 aliphatic rings. The molecular formula is C24H27NO2. The number of hydrogen-bond acceptors (Lipinski definition) is 3. The largest absolute Gasteiger partial charge is 0.493 e. The molecule has 0 heterocycles. The van der Waals surface area contributed by atoms with Crippen LogP contribution in [0.1, 0.15) is 16.7 Å². The molecule has 0 bridgehead atoms. The first-order valence-corrected chi connectivity index (χ1v) is 9.41. The molecule has 1 N–H and O–H groups in total. The van der Waals surface area contributed by atoms with Crippen LogP contribution in [-0.4, -0.2) is 19.8 Å². The van der Waals surface area contributed by atoms with E-state index in [-0.39, 0.29) is 0 Å². The van der Waals surface area contributed by atoms with Crippen molar-refractivity contribution in [2.75, 3.05) is 25.1 Å². The number of benzene rings is 3. The van der Waals surface area contributed by atoms with Crippen LogP contribution in [0.2, 0.25) is 0 Å².